The summed E-state index contributed by atoms with van der Waals surface area (Å²) in [5, 5.41) is 4.83. The molecule has 53 heavy (non-hydrogen) atoms. The lowest BCUT2D eigenvalue weighted by molar-refractivity contribution is 1.07. The van der Waals surface area contributed by atoms with Crippen molar-refractivity contribution in [3.05, 3.63) is 194 Å². The van der Waals surface area contributed by atoms with Gasteiger partial charge in [-0.25, -0.2) is 15.0 Å². The Morgan fingerprint density at radius 2 is 0.849 bits per heavy atom. The molecule has 0 aliphatic rings. The summed E-state index contributed by atoms with van der Waals surface area (Å²) in [5.41, 5.74) is 11.0. The Balaban J connectivity index is 1.16. The number of hydrogen-bond donors (Lipinski definition) is 0. The van der Waals surface area contributed by atoms with E-state index in [9.17, 15) is 0 Å². The van der Waals surface area contributed by atoms with Crippen LogP contribution in [0.4, 0.5) is 0 Å². The van der Waals surface area contributed by atoms with Gasteiger partial charge in [0, 0.05) is 32.8 Å². The Morgan fingerprint density at radius 1 is 0.321 bits per heavy atom. The first kappa shape index (κ1) is 30.6. The molecule has 0 aliphatic carbocycles. The van der Waals surface area contributed by atoms with Gasteiger partial charge in [0.15, 0.2) is 17.5 Å². The van der Waals surface area contributed by atoms with Crippen LogP contribution in [0.1, 0.15) is 0 Å². The average Bonchev–Trinajstić information content (AvgIpc) is 3.57. The molecule has 0 unspecified atom stereocenters. The Hall–Kier alpha value is -7.17. The third kappa shape index (κ3) is 5.45. The first-order chi connectivity index (χ1) is 26.3. The molecule has 0 saturated heterocycles. The van der Waals surface area contributed by atoms with Crippen LogP contribution in [0.2, 0.25) is 0 Å². The van der Waals surface area contributed by atoms with Crippen molar-refractivity contribution < 1.29 is 0 Å². The molecule has 0 bridgehead atoms. The van der Waals surface area contributed by atoms with Gasteiger partial charge in [0.1, 0.15) is 0 Å². The number of hydrogen-bond acceptors (Lipinski definition) is 3. The molecule has 10 rings (SSSR count). The molecule has 2 heterocycles. The number of para-hydroxylation sites is 1. The van der Waals surface area contributed by atoms with E-state index < -0.39 is 0 Å². The normalized spacial score (nSPS) is 11.4. The minimum atomic E-state index is 0.636. The van der Waals surface area contributed by atoms with Gasteiger partial charge in [-0.15, -0.1) is 0 Å². The van der Waals surface area contributed by atoms with E-state index in [0.717, 1.165) is 33.5 Å². The lowest BCUT2D eigenvalue weighted by Gasteiger charge is -2.16. The highest BCUT2D eigenvalue weighted by Gasteiger charge is 2.18. The van der Waals surface area contributed by atoms with Gasteiger partial charge >= 0.3 is 0 Å². The van der Waals surface area contributed by atoms with Crippen molar-refractivity contribution in [2.24, 2.45) is 0 Å². The highest BCUT2D eigenvalue weighted by molar-refractivity contribution is 6.13. The standard InChI is InChI=1S/C49H32N4/c1-4-15-33(16-5-1)37-29-30-44-42(32-37)41-25-10-11-27-43(41)53(44)45-28-14-22-34-21-13-26-40(46(34)45)38-23-12-24-39(31-38)49-51-47(35-17-6-2-7-18-35)50-48(52-49)36-19-8-3-9-20-36/h1-32H. The molecule has 0 aliphatic heterocycles. The first-order valence-electron chi connectivity index (χ1n) is 17.9. The predicted molar refractivity (Wildman–Crippen MR) is 219 cm³/mol. The quantitative estimate of drug-likeness (QED) is 0.176. The minimum absolute atomic E-state index is 0.636. The van der Waals surface area contributed by atoms with Crippen molar-refractivity contribution in [1.29, 1.82) is 0 Å². The second kappa shape index (κ2) is 12.9. The summed E-state index contributed by atoms with van der Waals surface area (Å²) in [4.78, 5) is 15.0. The van der Waals surface area contributed by atoms with Crippen LogP contribution >= 0.6 is 0 Å². The van der Waals surface area contributed by atoms with Gasteiger partial charge < -0.3 is 4.57 Å². The molecule has 8 aromatic carbocycles. The number of rotatable bonds is 6. The van der Waals surface area contributed by atoms with Crippen LogP contribution in [0, 0.1) is 0 Å². The molecular weight excluding hydrogens is 645 g/mol. The van der Waals surface area contributed by atoms with E-state index in [1.807, 2.05) is 60.7 Å². The maximum Gasteiger partial charge on any atom is 0.164 e. The summed E-state index contributed by atoms with van der Waals surface area (Å²) < 4.78 is 2.43. The third-order valence-electron chi connectivity index (χ3n) is 10.0. The third-order valence-corrected chi connectivity index (χ3v) is 10.0. The SMILES string of the molecule is c1ccc(-c2ccc3c(c2)c2ccccc2n3-c2cccc3cccc(-c4cccc(-c5nc(-c6ccccc6)nc(-c6ccccc6)n5)c4)c23)cc1. The first-order valence-corrected chi connectivity index (χ1v) is 17.9. The number of nitrogens with zero attached hydrogens (tertiary/aromatic N) is 4. The van der Waals surface area contributed by atoms with Crippen LogP contribution in [-0.2, 0) is 0 Å². The van der Waals surface area contributed by atoms with E-state index in [1.54, 1.807) is 0 Å². The lowest BCUT2D eigenvalue weighted by Crippen LogP contribution is -2.00. The topological polar surface area (TPSA) is 43.6 Å². The van der Waals surface area contributed by atoms with E-state index >= 15 is 0 Å². The fourth-order valence-electron chi connectivity index (χ4n) is 7.55. The molecule has 2 aromatic heterocycles. The highest BCUT2D eigenvalue weighted by atomic mass is 15.0. The number of aromatic nitrogens is 4. The molecule has 4 heteroatoms. The molecule has 0 spiro atoms. The average molecular weight is 677 g/mol. The van der Waals surface area contributed by atoms with E-state index in [2.05, 4.69) is 138 Å². The molecule has 0 fully saturated rings. The summed E-state index contributed by atoms with van der Waals surface area (Å²) in [6.45, 7) is 0. The molecule has 4 nitrogen and oxygen atoms in total. The van der Waals surface area contributed by atoms with Crippen molar-refractivity contribution in [2.75, 3.05) is 0 Å². The monoisotopic (exact) mass is 676 g/mol. The molecule has 0 atom stereocenters. The Kier molecular flexibility index (Phi) is 7.43. The minimum Gasteiger partial charge on any atom is -0.309 e. The van der Waals surface area contributed by atoms with Crippen LogP contribution in [0.25, 0.3) is 94.7 Å². The zero-order valence-corrected chi connectivity index (χ0v) is 28.8. The predicted octanol–water partition coefficient (Wildman–Crippen LogP) is 12.5. The molecule has 10 aromatic rings. The number of fused-ring (bicyclic) bond motifs is 4. The fourth-order valence-corrected chi connectivity index (χ4v) is 7.55. The maximum atomic E-state index is 5.03. The molecule has 0 radical (unpaired) electrons. The van der Waals surface area contributed by atoms with E-state index in [4.69, 9.17) is 15.0 Å². The van der Waals surface area contributed by atoms with Crippen molar-refractivity contribution in [3.63, 3.8) is 0 Å². The van der Waals surface area contributed by atoms with Crippen LogP contribution < -0.4 is 0 Å². The van der Waals surface area contributed by atoms with E-state index in [1.165, 1.54) is 43.7 Å². The summed E-state index contributed by atoms with van der Waals surface area (Å²) in [6.07, 6.45) is 0. The fraction of sp³-hybridized carbons (Fsp3) is 0. The Labute approximate surface area is 307 Å². The maximum absolute atomic E-state index is 5.03. The van der Waals surface area contributed by atoms with Gasteiger partial charge in [0.05, 0.1) is 16.7 Å². The Bertz CT molecular complexity index is 2870. The molecular formula is C49H32N4. The largest absolute Gasteiger partial charge is 0.309 e. The molecule has 0 amide bonds. The highest BCUT2D eigenvalue weighted by Crippen LogP contribution is 2.40. The zero-order valence-electron chi connectivity index (χ0n) is 28.8. The van der Waals surface area contributed by atoms with E-state index in [-0.39, 0.29) is 0 Å². The summed E-state index contributed by atoms with van der Waals surface area (Å²) >= 11 is 0. The smallest absolute Gasteiger partial charge is 0.164 e. The van der Waals surface area contributed by atoms with Gasteiger partial charge in [-0.05, 0) is 58.0 Å². The van der Waals surface area contributed by atoms with Crippen LogP contribution in [0.15, 0.2) is 194 Å². The van der Waals surface area contributed by atoms with Crippen LogP contribution in [-0.4, -0.2) is 19.5 Å². The lowest BCUT2D eigenvalue weighted by atomic mass is 9.95. The number of benzene rings is 8. The van der Waals surface area contributed by atoms with Gasteiger partial charge in [-0.1, -0.05) is 164 Å². The van der Waals surface area contributed by atoms with Crippen LogP contribution in [0.5, 0.6) is 0 Å². The molecule has 0 saturated carbocycles. The second-order valence-corrected chi connectivity index (χ2v) is 13.3. The Morgan fingerprint density at radius 3 is 1.55 bits per heavy atom. The van der Waals surface area contributed by atoms with Gasteiger partial charge in [0.2, 0.25) is 0 Å². The van der Waals surface area contributed by atoms with E-state index in [0.29, 0.717) is 17.5 Å². The zero-order chi connectivity index (χ0) is 35.1. The van der Waals surface area contributed by atoms with Crippen LogP contribution in [0.3, 0.4) is 0 Å². The van der Waals surface area contributed by atoms with Gasteiger partial charge in [0.25, 0.3) is 0 Å². The summed E-state index contributed by atoms with van der Waals surface area (Å²) in [5.74, 6) is 1.93. The van der Waals surface area contributed by atoms with Crippen molar-refractivity contribution in [2.45, 2.75) is 0 Å². The van der Waals surface area contributed by atoms with Crippen molar-refractivity contribution in [1.82, 2.24) is 19.5 Å². The molecule has 0 N–H and O–H groups in total. The molecule has 248 valence electrons. The summed E-state index contributed by atoms with van der Waals surface area (Å²) in [6, 6.07) is 68.2. The van der Waals surface area contributed by atoms with Gasteiger partial charge in [-0.3, -0.25) is 0 Å². The van der Waals surface area contributed by atoms with Crippen molar-refractivity contribution >= 4 is 32.6 Å². The van der Waals surface area contributed by atoms with Gasteiger partial charge in [-0.2, -0.15) is 0 Å². The second-order valence-electron chi connectivity index (χ2n) is 13.3. The summed E-state index contributed by atoms with van der Waals surface area (Å²) in [7, 11) is 0. The van der Waals surface area contributed by atoms with Crippen molar-refractivity contribution in [3.8, 4) is 62.1 Å².